The van der Waals surface area contributed by atoms with E-state index in [1.807, 2.05) is 6.07 Å². The van der Waals surface area contributed by atoms with Crippen molar-refractivity contribution in [3.05, 3.63) is 35.1 Å². The second-order valence-electron chi connectivity index (χ2n) is 4.02. The summed E-state index contributed by atoms with van der Waals surface area (Å²) in [6.07, 6.45) is -0.184. The first-order chi connectivity index (χ1) is 7.68. The van der Waals surface area contributed by atoms with Crippen molar-refractivity contribution in [2.45, 2.75) is 19.1 Å². The quantitative estimate of drug-likeness (QED) is 0.830. The van der Waals surface area contributed by atoms with E-state index < -0.39 is 0 Å². The average molecular weight is 225 g/mol. The van der Waals surface area contributed by atoms with Gasteiger partial charge in [0.1, 0.15) is 11.9 Å². The molecule has 0 radical (unpaired) electrons. The van der Waals surface area contributed by atoms with Gasteiger partial charge in [-0.2, -0.15) is 0 Å². The highest BCUT2D eigenvalue weighted by atomic mass is 19.1. The van der Waals surface area contributed by atoms with Crippen LogP contribution in [-0.4, -0.2) is 25.9 Å². The number of aryl methyl sites for hydroxylation is 1. The van der Waals surface area contributed by atoms with Gasteiger partial charge in [-0.1, -0.05) is 12.1 Å². The van der Waals surface area contributed by atoms with Crippen LogP contribution in [-0.2, 0) is 9.47 Å². The number of nitrogens with two attached hydrogens (primary N) is 1. The van der Waals surface area contributed by atoms with E-state index >= 15 is 0 Å². The molecule has 0 bridgehead atoms. The van der Waals surface area contributed by atoms with Crippen molar-refractivity contribution in [1.82, 2.24) is 0 Å². The van der Waals surface area contributed by atoms with Crippen molar-refractivity contribution in [2.24, 2.45) is 5.73 Å². The Morgan fingerprint density at radius 1 is 1.44 bits per heavy atom. The SMILES string of the molecule is Cc1ccc(C(N)C2COCCO2)cc1F. The molecule has 2 atom stereocenters. The van der Waals surface area contributed by atoms with Gasteiger partial charge in [0, 0.05) is 0 Å². The van der Waals surface area contributed by atoms with Crippen LogP contribution in [0.5, 0.6) is 0 Å². The third kappa shape index (κ3) is 2.40. The fourth-order valence-electron chi connectivity index (χ4n) is 1.74. The van der Waals surface area contributed by atoms with Gasteiger partial charge in [-0.25, -0.2) is 4.39 Å². The normalized spacial score (nSPS) is 23.1. The maximum Gasteiger partial charge on any atom is 0.126 e. The summed E-state index contributed by atoms with van der Waals surface area (Å²) in [6, 6.07) is 4.70. The molecule has 2 rings (SSSR count). The summed E-state index contributed by atoms with van der Waals surface area (Å²) in [7, 11) is 0. The first-order valence-electron chi connectivity index (χ1n) is 5.39. The minimum Gasteiger partial charge on any atom is -0.376 e. The highest BCUT2D eigenvalue weighted by Gasteiger charge is 2.23. The second-order valence-corrected chi connectivity index (χ2v) is 4.02. The van der Waals surface area contributed by atoms with E-state index in [0.29, 0.717) is 25.4 Å². The first-order valence-corrected chi connectivity index (χ1v) is 5.39. The summed E-state index contributed by atoms with van der Waals surface area (Å²) in [5, 5.41) is 0. The smallest absolute Gasteiger partial charge is 0.126 e. The molecule has 1 heterocycles. The van der Waals surface area contributed by atoms with Crippen molar-refractivity contribution in [1.29, 1.82) is 0 Å². The lowest BCUT2D eigenvalue weighted by molar-refractivity contribution is -0.0975. The van der Waals surface area contributed by atoms with Gasteiger partial charge in [0.05, 0.1) is 25.9 Å². The molecule has 0 aromatic heterocycles. The Morgan fingerprint density at radius 2 is 2.25 bits per heavy atom. The molecule has 0 aliphatic carbocycles. The third-order valence-corrected chi connectivity index (χ3v) is 2.82. The highest BCUT2D eigenvalue weighted by molar-refractivity contribution is 5.26. The molecule has 0 spiro atoms. The predicted molar refractivity (Wildman–Crippen MR) is 58.6 cm³/mol. The average Bonchev–Trinajstić information content (AvgIpc) is 2.33. The monoisotopic (exact) mass is 225 g/mol. The fraction of sp³-hybridized carbons (Fsp3) is 0.500. The zero-order valence-corrected chi connectivity index (χ0v) is 9.28. The summed E-state index contributed by atoms with van der Waals surface area (Å²) < 4.78 is 24.2. The lowest BCUT2D eigenvalue weighted by Crippen LogP contribution is -2.37. The van der Waals surface area contributed by atoms with Gasteiger partial charge >= 0.3 is 0 Å². The molecule has 1 fully saturated rings. The van der Waals surface area contributed by atoms with Crippen LogP contribution in [0.25, 0.3) is 0 Å². The molecular formula is C12H16FNO2. The van der Waals surface area contributed by atoms with Crippen molar-refractivity contribution in [2.75, 3.05) is 19.8 Å². The molecule has 2 unspecified atom stereocenters. The molecule has 0 amide bonds. The predicted octanol–water partition coefficient (Wildman–Crippen LogP) is 1.55. The highest BCUT2D eigenvalue weighted by Crippen LogP contribution is 2.21. The maximum absolute atomic E-state index is 13.4. The standard InChI is InChI=1S/C12H16FNO2/c1-8-2-3-9(6-10(8)13)12(14)11-7-15-4-5-16-11/h2-3,6,11-12H,4-5,7,14H2,1H3. The van der Waals surface area contributed by atoms with Crippen LogP contribution in [0.1, 0.15) is 17.2 Å². The van der Waals surface area contributed by atoms with E-state index in [0.717, 1.165) is 5.56 Å². The van der Waals surface area contributed by atoms with Crippen LogP contribution in [0.2, 0.25) is 0 Å². The van der Waals surface area contributed by atoms with Crippen LogP contribution in [0.4, 0.5) is 4.39 Å². The first kappa shape index (κ1) is 11.5. The zero-order chi connectivity index (χ0) is 11.5. The van der Waals surface area contributed by atoms with Gasteiger partial charge in [-0.05, 0) is 24.1 Å². The van der Waals surface area contributed by atoms with Crippen LogP contribution >= 0.6 is 0 Å². The second kappa shape index (κ2) is 4.91. The molecular weight excluding hydrogens is 209 g/mol. The Kier molecular flexibility index (Phi) is 3.53. The van der Waals surface area contributed by atoms with Gasteiger partial charge in [0.2, 0.25) is 0 Å². The molecule has 1 aromatic rings. The molecule has 1 aliphatic heterocycles. The van der Waals surface area contributed by atoms with Crippen LogP contribution in [0, 0.1) is 12.7 Å². The number of hydrogen-bond donors (Lipinski definition) is 1. The molecule has 88 valence electrons. The Hall–Kier alpha value is -0.970. The summed E-state index contributed by atoms with van der Waals surface area (Å²) in [5.74, 6) is -0.232. The number of halogens is 1. The minimum atomic E-state index is -0.338. The largest absolute Gasteiger partial charge is 0.376 e. The summed E-state index contributed by atoms with van der Waals surface area (Å²) >= 11 is 0. The van der Waals surface area contributed by atoms with Gasteiger partial charge < -0.3 is 15.2 Å². The van der Waals surface area contributed by atoms with Crippen LogP contribution in [0.15, 0.2) is 18.2 Å². The Morgan fingerprint density at radius 3 is 2.88 bits per heavy atom. The van der Waals surface area contributed by atoms with Gasteiger partial charge in [0.25, 0.3) is 0 Å². The van der Waals surface area contributed by atoms with E-state index in [1.165, 1.54) is 6.07 Å². The number of benzene rings is 1. The minimum absolute atomic E-state index is 0.184. The van der Waals surface area contributed by atoms with E-state index in [4.69, 9.17) is 15.2 Å². The van der Waals surface area contributed by atoms with E-state index in [-0.39, 0.29) is 18.0 Å². The molecule has 1 saturated heterocycles. The number of ether oxygens (including phenoxy) is 2. The molecule has 3 nitrogen and oxygen atoms in total. The van der Waals surface area contributed by atoms with Gasteiger partial charge in [0.15, 0.2) is 0 Å². The third-order valence-electron chi connectivity index (χ3n) is 2.82. The fourth-order valence-corrected chi connectivity index (χ4v) is 1.74. The molecule has 2 N–H and O–H groups in total. The van der Waals surface area contributed by atoms with Crippen LogP contribution < -0.4 is 5.73 Å². The maximum atomic E-state index is 13.4. The van der Waals surface area contributed by atoms with Crippen molar-refractivity contribution >= 4 is 0 Å². The number of hydrogen-bond acceptors (Lipinski definition) is 3. The van der Waals surface area contributed by atoms with E-state index in [1.54, 1.807) is 13.0 Å². The lowest BCUT2D eigenvalue weighted by atomic mass is 10.0. The number of rotatable bonds is 2. The molecule has 1 aromatic carbocycles. The summed E-state index contributed by atoms with van der Waals surface area (Å²) in [4.78, 5) is 0. The zero-order valence-electron chi connectivity index (χ0n) is 9.28. The van der Waals surface area contributed by atoms with Crippen molar-refractivity contribution in [3.8, 4) is 0 Å². The van der Waals surface area contributed by atoms with Gasteiger partial charge in [-0.3, -0.25) is 0 Å². The molecule has 0 saturated carbocycles. The Labute approximate surface area is 94.3 Å². The lowest BCUT2D eigenvalue weighted by Gasteiger charge is -2.28. The van der Waals surface area contributed by atoms with Crippen molar-refractivity contribution < 1.29 is 13.9 Å². The Balaban J connectivity index is 2.12. The summed E-state index contributed by atoms with van der Waals surface area (Å²) in [6.45, 7) is 3.35. The Bertz CT molecular complexity index is 364. The van der Waals surface area contributed by atoms with Crippen LogP contribution in [0.3, 0.4) is 0 Å². The van der Waals surface area contributed by atoms with E-state index in [9.17, 15) is 4.39 Å². The topological polar surface area (TPSA) is 44.5 Å². The molecule has 16 heavy (non-hydrogen) atoms. The van der Waals surface area contributed by atoms with Crippen molar-refractivity contribution in [3.63, 3.8) is 0 Å². The molecule has 4 heteroatoms. The van der Waals surface area contributed by atoms with E-state index in [2.05, 4.69) is 0 Å². The van der Waals surface area contributed by atoms with Gasteiger partial charge in [-0.15, -0.1) is 0 Å². The molecule has 1 aliphatic rings. The summed E-state index contributed by atoms with van der Waals surface area (Å²) in [5.41, 5.74) is 7.39.